The summed E-state index contributed by atoms with van der Waals surface area (Å²) in [6, 6.07) is 1.84. The number of carbonyl (C=O) groups excluding carboxylic acids is 1. The topological polar surface area (TPSA) is 65.6 Å². The highest BCUT2D eigenvalue weighted by Gasteiger charge is 2.45. The van der Waals surface area contributed by atoms with Crippen molar-refractivity contribution in [3.63, 3.8) is 0 Å². The number of nitrogens with one attached hydrogen (secondary N) is 1. The zero-order valence-electron chi connectivity index (χ0n) is 12.2. The molecule has 0 unspecified atom stereocenters. The molecular formula is C14H22N2O3. The van der Waals surface area contributed by atoms with E-state index in [1.54, 1.807) is 6.92 Å². The second-order valence-corrected chi connectivity index (χ2v) is 6.16. The highest BCUT2D eigenvalue weighted by atomic mass is 16.5. The fourth-order valence-corrected chi connectivity index (χ4v) is 2.91. The molecule has 0 spiro atoms. The number of aromatic nitrogens is 1. The van der Waals surface area contributed by atoms with Crippen molar-refractivity contribution < 1.29 is 14.7 Å². The van der Waals surface area contributed by atoms with Gasteiger partial charge >= 0.3 is 5.97 Å². The normalized spacial score (nSPS) is 20.9. The first-order valence-corrected chi connectivity index (χ1v) is 6.59. The number of hydrogen-bond acceptors (Lipinski definition) is 4. The molecule has 1 aromatic rings. The van der Waals surface area contributed by atoms with Crippen LogP contribution in [-0.2, 0) is 16.7 Å². The molecule has 0 saturated heterocycles. The average molecular weight is 266 g/mol. The van der Waals surface area contributed by atoms with E-state index in [1.807, 2.05) is 33.8 Å². The van der Waals surface area contributed by atoms with Crippen molar-refractivity contribution in [3.8, 4) is 0 Å². The maximum Gasteiger partial charge on any atom is 0.354 e. The highest BCUT2D eigenvalue weighted by Crippen LogP contribution is 2.41. The maximum absolute atomic E-state index is 11.8. The van der Waals surface area contributed by atoms with Crippen molar-refractivity contribution in [2.24, 2.45) is 0 Å². The molecule has 2 rings (SSSR count). The Bertz CT molecular complexity index is 503. The lowest BCUT2D eigenvalue weighted by Gasteiger charge is -2.48. The van der Waals surface area contributed by atoms with Crippen LogP contribution in [0.2, 0.25) is 0 Å². The third kappa shape index (κ3) is 2.17. The minimum atomic E-state index is -0.568. The van der Waals surface area contributed by atoms with Gasteiger partial charge in [-0.05, 0) is 52.7 Å². The minimum absolute atomic E-state index is 0.351. The van der Waals surface area contributed by atoms with Gasteiger partial charge in [0.25, 0.3) is 0 Å². The van der Waals surface area contributed by atoms with Gasteiger partial charge in [0.1, 0.15) is 5.69 Å². The molecule has 19 heavy (non-hydrogen) atoms. The number of fused-ring (bicyclic) bond motifs is 1. The van der Waals surface area contributed by atoms with Crippen LogP contribution >= 0.6 is 0 Å². The summed E-state index contributed by atoms with van der Waals surface area (Å²) in [5, 5.41) is 11.7. The molecule has 1 aliphatic rings. The predicted molar refractivity (Wildman–Crippen MR) is 71.2 cm³/mol. The molecular weight excluding hydrogens is 244 g/mol. The van der Waals surface area contributed by atoms with Crippen LogP contribution in [0.15, 0.2) is 6.07 Å². The number of nitrogens with zero attached hydrogens (tertiary/aromatic N) is 1. The van der Waals surface area contributed by atoms with Crippen molar-refractivity contribution in [2.75, 3.05) is 6.61 Å². The molecule has 0 saturated carbocycles. The maximum atomic E-state index is 11.8. The summed E-state index contributed by atoms with van der Waals surface area (Å²) in [6.07, 6.45) is 0.679. The molecule has 0 radical (unpaired) electrons. The third-order valence-corrected chi connectivity index (χ3v) is 3.73. The quantitative estimate of drug-likeness (QED) is 0.807. The molecule has 0 fully saturated rings. The van der Waals surface area contributed by atoms with Gasteiger partial charge in [0.05, 0.1) is 12.1 Å². The molecule has 5 nitrogen and oxygen atoms in total. The van der Waals surface area contributed by atoms with Crippen LogP contribution < -0.4 is 0 Å². The van der Waals surface area contributed by atoms with E-state index in [4.69, 9.17) is 4.74 Å². The van der Waals surface area contributed by atoms with Crippen LogP contribution in [0.25, 0.3) is 0 Å². The van der Waals surface area contributed by atoms with Crippen LogP contribution in [0.5, 0.6) is 0 Å². The molecule has 2 heterocycles. The molecule has 0 aromatic carbocycles. The molecule has 5 heteroatoms. The fraction of sp³-hybridized carbons (Fsp3) is 0.643. The van der Waals surface area contributed by atoms with Crippen LogP contribution in [-0.4, -0.2) is 33.4 Å². The first-order chi connectivity index (χ1) is 8.70. The molecule has 2 N–H and O–H groups in total. The number of hydrogen-bond donors (Lipinski definition) is 2. The van der Waals surface area contributed by atoms with Gasteiger partial charge in [-0.25, -0.2) is 4.79 Å². The molecule has 0 amide bonds. The first kappa shape index (κ1) is 14.1. The molecule has 0 bridgehead atoms. The zero-order valence-corrected chi connectivity index (χ0v) is 12.2. The number of H-pyrrole nitrogens is 1. The SMILES string of the molecule is CCOC(=O)c1cc2c([nH]1)C(C)(C)N(O)C(C)(C)C2. The van der Waals surface area contributed by atoms with Crippen LogP contribution in [0.3, 0.4) is 0 Å². The summed E-state index contributed by atoms with van der Waals surface area (Å²) in [4.78, 5) is 14.9. The van der Waals surface area contributed by atoms with E-state index in [9.17, 15) is 10.0 Å². The van der Waals surface area contributed by atoms with Gasteiger partial charge in [0, 0.05) is 11.2 Å². The molecule has 0 atom stereocenters. The van der Waals surface area contributed by atoms with Crippen molar-refractivity contribution in [2.45, 2.75) is 52.1 Å². The van der Waals surface area contributed by atoms with E-state index in [1.165, 1.54) is 5.06 Å². The number of hydroxylamine groups is 2. The van der Waals surface area contributed by atoms with Crippen molar-refractivity contribution in [3.05, 3.63) is 23.0 Å². The number of carbonyl (C=O) groups is 1. The first-order valence-electron chi connectivity index (χ1n) is 6.59. The summed E-state index contributed by atoms with van der Waals surface area (Å²) in [5.41, 5.74) is 1.44. The van der Waals surface area contributed by atoms with E-state index in [0.29, 0.717) is 18.7 Å². The summed E-state index contributed by atoms with van der Waals surface area (Å²) >= 11 is 0. The standard InChI is InChI=1S/C14H22N2O3/c1-6-19-12(17)10-7-9-8-13(2,3)16(18)14(4,5)11(9)15-10/h7,15,18H,6,8H2,1-5H3. The lowest BCUT2D eigenvalue weighted by atomic mass is 9.81. The molecule has 0 aliphatic carbocycles. The lowest BCUT2D eigenvalue weighted by molar-refractivity contribution is -0.234. The van der Waals surface area contributed by atoms with Crippen LogP contribution in [0, 0.1) is 0 Å². The fourth-order valence-electron chi connectivity index (χ4n) is 2.91. The third-order valence-electron chi connectivity index (χ3n) is 3.73. The molecule has 1 aromatic heterocycles. The Balaban J connectivity index is 2.45. The minimum Gasteiger partial charge on any atom is -0.461 e. The summed E-state index contributed by atoms with van der Waals surface area (Å²) in [6.45, 7) is 9.95. The second-order valence-electron chi connectivity index (χ2n) is 6.16. The van der Waals surface area contributed by atoms with Crippen molar-refractivity contribution in [1.29, 1.82) is 0 Å². The monoisotopic (exact) mass is 266 g/mol. The predicted octanol–water partition coefficient (Wildman–Crippen LogP) is 2.45. The van der Waals surface area contributed by atoms with E-state index in [2.05, 4.69) is 4.98 Å². The van der Waals surface area contributed by atoms with Crippen LogP contribution in [0.4, 0.5) is 0 Å². The van der Waals surface area contributed by atoms with E-state index in [0.717, 1.165) is 11.3 Å². The highest BCUT2D eigenvalue weighted by molar-refractivity contribution is 5.88. The van der Waals surface area contributed by atoms with Gasteiger partial charge in [-0.15, -0.1) is 0 Å². The van der Waals surface area contributed by atoms with Crippen molar-refractivity contribution in [1.82, 2.24) is 10.0 Å². The zero-order chi connectivity index (χ0) is 14.4. The Hall–Kier alpha value is -1.33. The number of aromatic amines is 1. The smallest absolute Gasteiger partial charge is 0.354 e. The average Bonchev–Trinajstić information content (AvgIpc) is 2.71. The lowest BCUT2D eigenvalue weighted by Crippen LogP contribution is -2.56. The Morgan fingerprint density at radius 2 is 2.11 bits per heavy atom. The summed E-state index contributed by atoms with van der Waals surface area (Å²) in [5.74, 6) is -0.352. The number of rotatable bonds is 2. The number of ether oxygens (including phenoxy) is 1. The molecule has 106 valence electrons. The Morgan fingerprint density at radius 3 is 2.68 bits per heavy atom. The largest absolute Gasteiger partial charge is 0.461 e. The van der Waals surface area contributed by atoms with Gasteiger partial charge in [-0.2, -0.15) is 5.06 Å². The Kier molecular flexibility index (Phi) is 3.23. The van der Waals surface area contributed by atoms with Gasteiger partial charge in [-0.1, -0.05) is 0 Å². The number of esters is 1. The van der Waals surface area contributed by atoms with Crippen LogP contribution in [0.1, 0.15) is 56.4 Å². The van der Waals surface area contributed by atoms with E-state index < -0.39 is 5.54 Å². The Labute approximate surface area is 113 Å². The van der Waals surface area contributed by atoms with Gasteiger partial charge in [-0.3, -0.25) is 0 Å². The van der Waals surface area contributed by atoms with Gasteiger partial charge < -0.3 is 14.9 Å². The summed E-state index contributed by atoms with van der Waals surface area (Å²) in [7, 11) is 0. The summed E-state index contributed by atoms with van der Waals surface area (Å²) < 4.78 is 5.01. The Morgan fingerprint density at radius 1 is 1.47 bits per heavy atom. The van der Waals surface area contributed by atoms with Gasteiger partial charge in [0.15, 0.2) is 0 Å². The van der Waals surface area contributed by atoms with E-state index >= 15 is 0 Å². The van der Waals surface area contributed by atoms with Gasteiger partial charge in [0.2, 0.25) is 0 Å². The van der Waals surface area contributed by atoms with E-state index in [-0.39, 0.29) is 11.5 Å². The molecule has 1 aliphatic heterocycles. The van der Waals surface area contributed by atoms with Crippen molar-refractivity contribution >= 4 is 5.97 Å². The second kappa shape index (κ2) is 4.35.